The van der Waals surface area contributed by atoms with Crippen LogP contribution in [0, 0.1) is 16.2 Å². The van der Waals surface area contributed by atoms with E-state index in [9.17, 15) is 19.8 Å². The summed E-state index contributed by atoms with van der Waals surface area (Å²) in [7, 11) is -9.22. The van der Waals surface area contributed by atoms with E-state index >= 15 is 0 Å². The summed E-state index contributed by atoms with van der Waals surface area (Å²) in [6.07, 6.45) is 0. The van der Waals surface area contributed by atoms with Crippen molar-refractivity contribution in [2.24, 2.45) is 16.2 Å². The highest BCUT2D eigenvalue weighted by Gasteiger charge is 2.36. The summed E-state index contributed by atoms with van der Waals surface area (Å²) in [4.78, 5) is 82.1. The predicted octanol–water partition coefficient (Wildman–Crippen LogP) is -4.08. The van der Waals surface area contributed by atoms with Crippen LogP contribution in [-0.4, -0.2) is 105 Å². The number of hydrogen-bond donors (Lipinski definition) is 10. The van der Waals surface area contributed by atoms with Gasteiger partial charge in [-0.3, -0.25) is 9.59 Å². The van der Waals surface area contributed by atoms with E-state index in [4.69, 9.17) is 47.8 Å². The molecule has 0 atom stereocenters. The maximum absolute atomic E-state index is 11.7. The molecule has 188 valence electrons. The summed E-state index contributed by atoms with van der Waals surface area (Å²) < 4.78 is 10.2. The first-order chi connectivity index (χ1) is 13.4. The van der Waals surface area contributed by atoms with Gasteiger partial charge in [-0.2, -0.15) is 0 Å². The zero-order valence-electron chi connectivity index (χ0n) is 18.4. The Hall–Kier alpha value is -1.03. The summed E-state index contributed by atoms with van der Waals surface area (Å²) in [6, 6.07) is 0. The predicted molar refractivity (Wildman–Crippen MR) is 107 cm³/mol. The van der Waals surface area contributed by atoms with Crippen molar-refractivity contribution in [3.63, 3.8) is 0 Å². The maximum atomic E-state index is 11.7. The Morgan fingerprint density at radius 3 is 0.935 bits per heavy atom. The lowest BCUT2D eigenvalue weighted by Crippen LogP contribution is -2.43. The third kappa shape index (κ3) is 25.1. The summed E-state index contributed by atoms with van der Waals surface area (Å²) in [5.74, 6) is -0.896. The van der Waals surface area contributed by atoms with Gasteiger partial charge in [0.2, 0.25) is 0 Å². The van der Waals surface area contributed by atoms with Crippen molar-refractivity contribution in [1.82, 2.24) is 0 Å². The van der Waals surface area contributed by atoms with Crippen LogP contribution in [0.2, 0.25) is 0 Å². The van der Waals surface area contributed by atoms with Crippen LogP contribution < -0.4 is 0 Å². The largest absolute Gasteiger partial charge is 0.668 e. The second kappa shape index (κ2) is 13.5. The number of aliphatic hydroxyl groups is 2. The molecule has 0 unspecified atom stereocenters. The third-order valence-corrected chi connectivity index (χ3v) is 2.91. The molecule has 0 aliphatic heterocycles. The average Bonchev–Trinajstić information content (AvgIpc) is 2.50. The molecule has 0 aromatic carbocycles. The van der Waals surface area contributed by atoms with E-state index in [1.165, 1.54) is 0 Å². The number of carbonyl (C=O) groups excluding carboxylic acids is 2. The van der Waals surface area contributed by atoms with Gasteiger partial charge in [-0.25, -0.2) is 0 Å². The van der Waals surface area contributed by atoms with Crippen LogP contribution in [0.1, 0.15) is 41.5 Å². The molecule has 0 aliphatic rings. The molecule has 14 nitrogen and oxygen atoms in total. The van der Waals surface area contributed by atoms with E-state index in [1.54, 1.807) is 41.5 Å². The minimum atomic E-state index is -4.61. The topological polar surface area (TPSA) is 255 Å². The highest BCUT2D eigenvalue weighted by Crippen LogP contribution is 2.23. The van der Waals surface area contributed by atoms with Gasteiger partial charge < -0.3 is 58.1 Å². The van der Waals surface area contributed by atoms with E-state index in [0.29, 0.717) is 0 Å². The van der Waals surface area contributed by atoms with E-state index < -0.39 is 59.5 Å². The molecule has 0 amide bonds. The zero-order chi connectivity index (χ0) is 25.9. The minimum absolute atomic E-state index is 0.215. The van der Waals surface area contributed by atoms with E-state index in [1.807, 2.05) is 0 Å². The van der Waals surface area contributed by atoms with Crippen molar-refractivity contribution in [3.05, 3.63) is 0 Å². The van der Waals surface area contributed by atoms with Crippen molar-refractivity contribution in [2.45, 2.75) is 41.5 Å². The van der Waals surface area contributed by atoms with Crippen molar-refractivity contribution < 1.29 is 67.6 Å². The monoisotopic (exact) mass is 496 g/mol. The molecule has 31 heavy (non-hydrogen) atoms. The molecule has 0 bridgehead atoms. The Labute approximate surface area is 182 Å². The average molecular weight is 497 g/mol. The first-order valence-corrected chi connectivity index (χ1v) is 12.3. The van der Waals surface area contributed by atoms with Gasteiger partial charge >= 0.3 is 30.0 Å². The lowest BCUT2D eigenvalue weighted by Gasteiger charge is -2.31. The standard InChI is InChI=1S/C15H28O6.2H4O4Si/c1-13(2,3)11(18)20-9-15(7-16,8-17)10-21-12(19)14(4,5)6;2*1-5(2,3)4/h16-17H,7-10H2,1-6H3;2*1-4H. The van der Waals surface area contributed by atoms with Crippen LogP contribution >= 0.6 is 0 Å². The van der Waals surface area contributed by atoms with Crippen LogP contribution in [0.25, 0.3) is 0 Å². The normalized spacial score (nSPS) is 12.6. The van der Waals surface area contributed by atoms with Gasteiger partial charge in [-0.15, -0.1) is 0 Å². The molecule has 0 aromatic heterocycles. The van der Waals surface area contributed by atoms with Crippen LogP contribution in [0.4, 0.5) is 0 Å². The molecule has 0 rings (SSSR count). The van der Waals surface area contributed by atoms with Crippen molar-refractivity contribution in [3.8, 4) is 0 Å². The zero-order valence-corrected chi connectivity index (χ0v) is 20.4. The first kappa shape index (κ1) is 34.6. The van der Waals surface area contributed by atoms with Crippen LogP contribution in [0.15, 0.2) is 0 Å². The first-order valence-electron chi connectivity index (χ1n) is 8.73. The van der Waals surface area contributed by atoms with Crippen molar-refractivity contribution in [1.29, 1.82) is 0 Å². The quantitative estimate of drug-likeness (QED) is 0.124. The number of esters is 2. The van der Waals surface area contributed by atoms with Gasteiger partial charge in [0.05, 0.1) is 29.5 Å². The second-order valence-electron chi connectivity index (χ2n) is 8.67. The summed E-state index contributed by atoms with van der Waals surface area (Å²) >= 11 is 0. The molecule has 10 N–H and O–H groups in total. The molecule has 0 aromatic rings. The van der Waals surface area contributed by atoms with Gasteiger partial charge in [-0.05, 0) is 41.5 Å². The number of carbonyl (C=O) groups is 2. The summed E-state index contributed by atoms with van der Waals surface area (Å²) in [5.41, 5.74) is -2.56. The van der Waals surface area contributed by atoms with Gasteiger partial charge in [0.15, 0.2) is 0 Å². The van der Waals surface area contributed by atoms with Crippen molar-refractivity contribution >= 4 is 30.0 Å². The smallest absolute Gasteiger partial charge is 0.464 e. The number of rotatable bonds is 6. The molecule has 0 radical (unpaired) electrons. The summed E-state index contributed by atoms with van der Waals surface area (Å²) in [6.45, 7) is 8.87. The Balaban J connectivity index is -0.000000646. The number of hydrogen-bond acceptors (Lipinski definition) is 14. The van der Waals surface area contributed by atoms with Gasteiger partial charge in [0.1, 0.15) is 13.2 Å². The van der Waals surface area contributed by atoms with Crippen LogP contribution in [-0.2, 0) is 19.1 Å². The van der Waals surface area contributed by atoms with Gasteiger partial charge in [-0.1, -0.05) is 0 Å². The highest BCUT2D eigenvalue weighted by molar-refractivity contribution is 6.47. The summed E-state index contributed by atoms with van der Waals surface area (Å²) in [5, 5.41) is 18.9. The Bertz CT molecular complexity index is 468. The molecule has 16 heteroatoms. The molecule has 0 saturated carbocycles. The molecule has 0 saturated heterocycles. The minimum Gasteiger partial charge on any atom is -0.464 e. The van der Waals surface area contributed by atoms with Crippen LogP contribution in [0.5, 0.6) is 0 Å². The van der Waals surface area contributed by atoms with Crippen LogP contribution in [0.3, 0.4) is 0 Å². The molecule has 0 fully saturated rings. The lowest BCUT2D eigenvalue weighted by atomic mass is 9.91. The van der Waals surface area contributed by atoms with Gasteiger partial charge in [0.25, 0.3) is 0 Å². The Morgan fingerprint density at radius 1 is 0.613 bits per heavy atom. The molecule has 0 heterocycles. The fourth-order valence-electron chi connectivity index (χ4n) is 1.14. The highest BCUT2D eigenvalue weighted by atomic mass is 28.4. The van der Waals surface area contributed by atoms with E-state index in [0.717, 1.165) is 0 Å². The SMILES string of the molecule is CC(C)(C)C(=O)OCC(CO)(CO)COC(=O)C(C)(C)C.O[Si](O)(O)O.O[Si](O)(O)O. The molecule has 0 spiro atoms. The van der Waals surface area contributed by atoms with E-state index in [2.05, 4.69) is 0 Å². The fourth-order valence-corrected chi connectivity index (χ4v) is 1.14. The maximum Gasteiger partial charge on any atom is 0.668 e. The molecular formula is C15H36O14Si2. The Morgan fingerprint density at radius 2 is 0.806 bits per heavy atom. The van der Waals surface area contributed by atoms with Crippen molar-refractivity contribution in [2.75, 3.05) is 26.4 Å². The molecule has 0 aliphatic carbocycles. The molecular weight excluding hydrogens is 460 g/mol. The second-order valence-corrected chi connectivity index (χ2v) is 11.1. The third-order valence-electron chi connectivity index (χ3n) is 2.91. The fraction of sp³-hybridized carbons (Fsp3) is 0.867. The Kier molecular flexibility index (Phi) is 15.1. The van der Waals surface area contributed by atoms with Gasteiger partial charge in [0, 0.05) is 0 Å². The van der Waals surface area contributed by atoms with E-state index in [-0.39, 0.29) is 13.2 Å². The number of aliphatic hydroxyl groups excluding tert-OH is 2. The number of ether oxygens (including phenoxy) is 2. The lowest BCUT2D eigenvalue weighted by molar-refractivity contribution is -0.168.